The topological polar surface area (TPSA) is 59.4 Å². The van der Waals surface area contributed by atoms with Gasteiger partial charge in [-0.3, -0.25) is 9.69 Å². The molecule has 1 aromatic carbocycles. The number of aryl methyl sites for hydroxylation is 1. The van der Waals surface area contributed by atoms with Crippen molar-refractivity contribution in [1.82, 2.24) is 19.8 Å². The zero-order chi connectivity index (χ0) is 19.4. The van der Waals surface area contributed by atoms with E-state index in [4.69, 9.17) is 4.74 Å². The third kappa shape index (κ3) is 3.94. The van der Waals surface area contributed by atoms with Crippen LogP contribution in [0.5, 0.6) is 0 Å². The second-order valence-electron chi connectivity index (χ2n) is 8.12. The van der Waals surface area contributed by atoms with Crippen LogP contribution in [-0.2, 0) is 22.5 Å². The lowest BCUT2D eigenvalue weighted by molar-refractivity contribution is -0.123. The van der Waals surface area contributed by atoms with E-state index in [9.17, 15) is 4.79 Å². The van der Waals surface area contributed by atoms with Gasteiger partial charge in [-0.15, -0.1) is 0 Å². The van der Waals surface area contributed by atoms with Gasteiger partial charge in [0.15, 0.2) is 0 Å². The Bertz CT molecular complexity index is 804. The highest BCUT2D eigenvalue weighted by atomic mass is 16.5. The molecule has 1 saturated carbocycles. The van der Waals surface area contributed by atoms with Crippen LogP contribution >= 0.6 is 0 Å². The lowest BCUT2D eigenvalue weighted by Crippen LogP contribution is -2.59. The highest BCUT2D eigenvalue weighted by Crippen LogP contribution is 2.33. The van der Waals surface area contributed by atoms with Gasteiger partial charge < -0.3 is 14.6 Å². The number of carbonyl (C=O) groups is 1. The fourth-order valence-corrected chi connectivity index (χ4v) is 4.89. The Morgan fingerprint density at radius 3 is 2.68 bits per heavy atom. The number of hydrogen-bond donors (Lipinski definition) is 1. The molecule has 0 atom stereocenters. The quantitative estimate of drug-likeness (QED) is 0.832. The predicted molar refractivity (Wildman–Crippen MR) is 110 cm³/mol. The number of para-hydroxylation sites is 2. The van der Waals surface area contributed by atoms with E-state index in [0.29, 0.717) is 6.54 Å². The fourth-order valence-electron chi connectivity index (χ4n) is 4.89. The Kier molecular flexibility index (Phi) is 5.97. The number of aromatic nitrogens is 2. The van der Waals surface area contributed by atoms with Gasteiger partial charge in [0.25, 0.3) is 0 Å². The van der Waals surface area contributed by atoms with Gasteiger partial charge in [0.05, 0.1) is 24.2 Å². The number of ether oxygens (including phenoxy) is 1. The summed E-state index contributed by atoms with van der Waals surface area (Å²) in [6, 6.07) is 8.06. The van der Waals surface area contributed by atoms with Crippen LogP contribution in [0.3, 0.4) is 0 Å². The molecule has 1 saturated heterocycles. The van der Waals surface area contributed by atoms with E-state index in [1.54, 1.807) is 0 Å². The molecule has 2 aromatic rings. The predicted octanol–water partition coefficient (Wildman–Crippen LogP) is 2.75. The maximum absolute atomic E-state index is 12.9. The highest BCUT2D eigenvalue weighted by molar-refractivity contribution is 5.81. The number of imidazole rings is 1. The Balaban J connectivity index is 1.46. The summed E-state index contributed by atoms with van der Waals surface area (Å²) < 4.78 is 7.62. The van der Waals surface area contributed by atoms with Gasteiger partial charge in [-0.05, 0) is 25.0 Å². The van der Waals surface area contributed by atoms with E-state index >= 15 is 0 Å². The highest BCUT2D eigenvalue weighted by Gasteiger charge is 2.38. The lowest BCUT2D eigenvalue weighted by atomic mass is 9.79. The summed E-state index contributed by atoms with van der Waals surface area (Å²) >= 11 is 0. The van der Waals surface area contributed by atoms with E-state index in [-0.39, 0.29) is 11.4 Å². The van der Waals surface area contributed by atoms with Gasteiger partial charge in [-0.2, -0.15) is 0 Å². The van der Waals surface area contributed by atoms with E-state index < -0.39 is 0 Å². The molecule has 2 aliphatic rings. The molecule has 1 N–H and O–H groups in total. The molecule has 0 unspecified atom stereocenters. The van der Waals surface area contributed by atoms with Gasteiger partial charge in [0, 0.05) is 31.6 Å². The molecule has 1 amide bonds. The Labute approximate surface area is 167 Å². The van der Waals surface area contributed by atoms with E-state index in [2.05, 4.69) is 26.7 Å². The summed E-state index contributed by atoms with van der Waals surface area (Å²) in [6.07, 6.45) is 6.96. The molecular formula is C22H32N4O2. The molecule has 0 radical (unpaired) electrons. The molecule has 152 valence electrons. The van der Waals surface area contributed by atoms with Crippen molar-refractivity contribution in [2.45, 2.75) is 57.5 Å². The molecule has 0 spiro atoms. The number of morpholine rings is 1. The first-order valence-electron chi connectivity index (χ1n) is 10.8. The van der Waals surface area contributed by atoms with E-state index in [0.717, 1.165) is 56.1 Å². The maximum Gasteiger partial charge on any atom is 0.240 e. The van der Waals surface area contributed by atoms with Gasteiger partial charge in [0.2, 0.25) is 5.91 Å². The number of carbonyl (C=O) groups excluding carboxylic acids is 1. The van der Waals surface area contributed by atoms with Crippen molar-refractivity contribution in [2.24, 2.45) is 0 Å². The van der Waals surface area contributed by atoms with Crippen LogP contribution in [0.2, 0.25) is 0 Å². The van der Waals surface area contributed by atoms with Crippen LogP contribution in [0.4, 0.5) is 0 Å². The zero-order valence-corrected chi connectivity index (χ0v) is 17.0. The number of fused-ring (bicyclic) bond motifs is 1. The second-order valence-corrected chi connectivity index (χ2v) is 8.12. The van der Waals surface area contributed by atoms with Crippen LogP contribution in [0.15, 0.2) is 24.3 Å². The molecule has 1 aliphatic carbocycles. The minimum Gasteiger partial charge on any atom is -0.379 e. The normalized spacial score (nSPS) is 20.3. The molecule has 1 aliphatic heterocycles. The largest absolute Gasteiger partial charge is 0.379 e. The van der Waals surface area contributed by atoms with Crippen molar-refractivity contribution in [3.8, 4) is 0 Å². The molecular weight excluding hydrogens is 352 g/mol. The molecule has 28 heavy (non-hydrogen) atoms. The minimum atomic E-state index is 0.0797. The number of hydrogen-bond acceptors (Lipinski definition) is 4. The van der Waals surface area contributed by atoms with Crippen LogP contribution < -0.4 is 5.32 Å². The van der Waals surface area contributed by atoms with Crippen molar-refractivity contribution >= 4 is 16.9 Å². The zero-order valence-electron chi connectivity index (χ0n) is 17.0. The summed E-state index contributed by atoms with van der Waals surface area (Å²) in [6.45, 7) is 6.71. The number of rotatable bonds is 6. The number of benzene rings is 1. The van der Waals surface area contributed by atoms with Gasteiger partial charge in [-0.25, -0.2) is 4.98 Å². The van der Waals surface area contributed by atoms with Crippen molar-refractivity contribution < 1.29 is 9.53 Å². The van der Waals surface area contributed by atoms with Crippen molar-refractivity contribution in [3.05, 3.63) is 30.1 Å². The first-order valence-corrected chi connectivity index (χ1v) is 10.8. The molecule has 0 bridgehead atoms. The van der Waals surface area contributed by atoms with Crippen molar-refractivity contribution in [2.75, 3.05) is 32.8 Å². The number of amides is 1. The summed E-state index contributed by atoms with van der Waals surface area (Å²) in [4.78, 5) is 20.1. The lowest BCUT2D eigenvalue weighted by Gasteiger charge is -2.48. The summed E-state index contributed by atoms with van der Waals surface area (Å²) in [5.41, 5.74) is 2.10. The van der Waals surface area contributed by atoms with Gasteiger partial charge >= 0.3 is 0 Å². The molecule has 6 nitrogen and oxygen atoms in total. The van der Waals surface area contributed by atoms with Crippen LogP contribution in [-0.4, -0.2) is 58.7 Å². The van der Waals surface area contributed by atoms with Crippen molar-refractivity contribution in [1.29, 1.82) is 0 Å². The second kappa shape index (κ2) is 8.62. The first kappa shape index (κ1) is 19.4. The van der Waals surface area contributed by atoms with Gasteiger partial charge in [0.1, 0.15) is 12.4 Å². The first-order chi connectivity index (χ1) is 13.7. The Morgan fingerprint density at radius 2 is 1.93 bits per heavy atom. The molecule has 4 rings (SSSR count). The summed E-state index contributed by atoms with van der Waals surface area (Å²) in [5.74, 6) is 1.05. The molecule has 1 aromatic heterocycles. The van der Waals surface area contributed by atoms with Crippen molar-refractivity contribution in [3.63, 3.8) is 0 Å². The molecule has 6 heteroatoms. The van der Waals surface area contributed by atoms with Crippen LogP contribution in [0.25, 0.3) is 11.0 Å². The average molecular weight is 385 g/mol. The summed E-state index contributed by atoms with van der Waals surface area (Å²) in [7, 11) is 0. The van der Waals surface area contributed by atoms with E-state index in [1.165, 1.54) is 32.1 Å². The molecule has 2 heterocycles. The molecule has 2 fully saturated rings. The third-order valence-electron chi connectivity index (χ3n) is 6.43. The SMILES string of the molecule is CCc1nc2ccccc2n1CC(=O)NCC1(N2CCOCC2)CCCCC1. The average Bonchev–Trinajstić information content (AvgIpc) is 3.11. The minimum absolute atomic E-state index is 0.0797. The third-order valence-corrected chi connectivity index (χ3v) is 6.43. The Hall–Kier alpha value is -1.92. The van der Waals surface area contributed by atoms with Crippen LogP contribution in [0.1, 0.15) is 44.9 Å². The maximum atomic E-state index is 12.9. The number of nitrogens with zero attached hydrogens (tertiary/aromatic N) is 3. The smallest absolute Gasteiger partial charge is 0.240 e. The fraction of sp³-hybridized carbons (Fsp3) is 0.636. The van der Waals surface area contributed by atoms with Crippen LogP contribution in [0, 0.1) is 0 Å². The Morgan fingerprint density at radius 1 is 1.18 bits per heavy atom. The van der Waals surface area contributed by atoms with E-state index in [1.807, 2.05) is 24.3 Å². The standard InChI is InChI=1S/C22H32N4O2/c1-2-20-24-18-8-4-5-9-19(18)26(20)16-21(27)23-17-22(10-6-3-7-11-22)25-12-14-28-15-13-25/h4-5,8-9H,2-3,6-7,10-17H2,1H3,(H,23,27). The van der Waals surface area contributed by atoms with Gasteiger partial charge in [-0.1, -0.05) is 38.3 Å². The summed E-state index contributed by atoms with van der Waals surface area (Å²) in [5, 5.41) is 3.27. The monoisotopic (exact) mass is 384 g/mol. The number of nitrogens with one attached hydrogen (secondary N) is 1.